The maximum absolute atomic E-state index is 11.7. The van der Waals surface area contributed by atoms with Gasteiger partial charge in [0, 0.05) is 0 Å². The van der Waals surface area contributed by atoms with Gasteiger partial charge in [-0.15, -0.1) is 0 Å². The molecule has 0 aliphatic rings. The largest absolute Gasteiger partial charge is 0.494 e. The quantitative estimate of drug-likeness (QED) is 0.615. The van der Waals surface area contributed by atoms with Crippen molar-refractivity contribution in [3.8, 4) is 5.75 Å². The molecule has 0 saturated heterocycles. The number of nitrogens with one attached hydrogen (secondary N) is 1. The Hall–Kier alpha value is -1.55. The van der Waals surface area contributed by atoms with Crippen molar-refractivity contribution in [1.82, 2.24) is 5.32 Å². The predicted molar refractivity (Wildman–Crippen MR) is 80.1 cm³/mol. The number of hydrogen-bond donors (Lipinski definition) is 1. The third kappa shape index (κ3) is 4.53. The maximum Gasteiger partial charge on any atom is 0.325 e. The summed E-state index contributed by atoms with van der Waals surface area (Å²) in [7, 11) is 3.17. The van der Waals surface area contributed by atoms with Gasteiger partial charge in [-0.2, -0.15) is 0 Å². The third-order valence-corrected chi connectivity index (χ3v) is 3.47. The highest BCUT2D eigenvalue weighted by molar-refractivity contribution is 5.80. The van der Waals surface area contributed by atoms with Crippen LogP contribution in [0, 0.1) is 13.8 Å². The highest BCUT2D eigenvalue weighted by atomic mass is 16.5. The summed E-state index contributed by atoms with van der Waals surface area (Å²) >= 11 is 0. The van der Waals surface area contributed by atoms with Crippen LogP contribution in [-0.4, -0.2) is 32.3 Å². The Kier molecular flexibility index (Phi) is 6.02. The van der Waals surface area contributed by atoms with Crippen LogP contribution in [0.2, 0.25) is 0 Å². The molecule has 0 radical (unpaired) electrons. The highest BCUT2D eigenvalue weighted by Crippen LogP contribution is 2.18. The van der Waals surface area contributed by atoms with Crippen LogP contribution < -0.4 is 10.1 Å². The van der Waals surface area contributed by atoms with E-state index in [1.165, 1.54) is 18.2 Å². The highest BCUT2D eigenvalue weighted by Gasteiger charge is 2.31. The van der Waals surface area contributed by atoms with Crippen molar-refractivity contribution in [2.45, 2.75) is 39.2 Å². The molecule has 0 aliphatic heterocycles. The summed E-state index contributed by atoms with van der Waals surface area (Å²) in [6.45, 7) is 6.52. The van der Waals surface area contributed by atoms with E-state index in [-0.39, 0.29) is 5.97 Å². The van der Waals surface area contributed by atoms with Gasteiger partial charge in [0.05, 0.1) is 13.7 Å². The first-order valence-electron chi connectivity index (χ1n) is 6.89. The van der Waals surface area contributed by atoms with Gasteiger partial charge >= 0.3 is 5.97 Å². The molecule has 0 aromatic heterocycles. The first kappa shape index (κ1) is 16.5. The lowest BCUT2D eigenvalue weighted by atomic mass is 9.96. The number of methoxy groups -OCH3 is 1. The molecule has 1 aromatic rings. The van der Waals surface area contributed by atoms with Gasteiger partial charge in [0.1, 0.15) is 11.3 Å². The van der Waals surface area contributed by atoms with E-state index < -0.39 is 5.54 Å². The zero-order chi connectivity index (χ0) is 15.2. The van der Waals surface area contributed by atoms with E-state index in [0.29, 0.717) is 13.0 Å². The molecule has 0 bridgehead atoms. The number of carbonyl (C=O) groups is 1. The van der Waals surface area contributed by atoms with E-state index in [2.05, 4.69) is 25.2 Å². The number of aryl methyl sites for hydroxylation is 2. The lowest BCUT2D eigenvalue weighted by molar-refractivity contribution is -0.148. The molecule has 0 fully saturated rings. The molecule has 1 rings (SSSR count). The fourth-order valence-electron chi connectivity index (χ4n) is 2.19. The Morgan fingerprint density at radius 2 is 1.85 bits per heavy atom. The van der Waals surface area contributed by atoms with Gasteiger partial charge in [0.15, 0.2) is 0 Å². The van der Waals surface area contributed by atoms with E-state index in [4.69, 9.17) is 9.47 Å². The van der Waals surface area contributed by atoms with Gasteiger partial charge in [-0.1, -0.05) is 6.07 Å². The van der Waals surface area contributed by atoms with Crippen LogP contribution in [0.4, 0.5) is 0 Å². The van der Waals surface area contributed by atoms with Crippen LogP contribution in [0.5, 0.6) is 5.75 Å². The van der Waals surface area contributed by atoms with Crippen molar-refractivity contribution in [2.75, 3.05) is 20.8 Å². The SMILES string of the molecule is CNC(C)(CCCOc1cc(C)cc(C)c1)C(=O)OC. The van der Waals surface area contributed by atoms with Crippen LogP contribution in [-0.2, 0) is 9.53 Å². The number of likely N-dealkylation sites (N-methyl/N-ethyl adjacent to an activating group) is 1. The van der Waals surface area contributed by atoms with Gasteiger partial charge in [-0.3, -0.25) is 4.79 Å². The Morgan fingerprint density at radius 3 is 2.35 bits per heavy atom. The number of carbonyl (C=O) groups excluding carboxylic acids is 1. The van der Waals surface area contributed by atoms with Crippen LogP contribution >= 0.6 is 0 Å². The van der Waals surface area contributed by atoms with Crippen molar-refractivity contribution in [2.24, 2.45) is 0 Å². The van der Waals surface area contributed by atoms with Gasteiger partial charge in [-0.05, 0) is 63.9 Å². The molecular formula is C16H25NO3. The zero-order valence-corrected chi connectivity index (χ0v) is 13.1. The molecule has 1 N–H and O–H groups in total. The molecule has 1 atom stereocenters. The smallest absolute Gasteiger partial charge is 0.325 e. The van der Waals surface area contributed by atoms with Crippen molar-refractivity contribution < 1.29 is 14.3 Å². The lowest BCUT2D eigenvalue weighted by Gasteiger charge is -2.25. The minimum Gasteiger partial charge on any atom is -0.494 e. The molecule has 4 heteroatoms. The van der Waals surface area contributed by atoms with Crippen molar-refractivity contribution in [3.63, 3.8) is 0 Å². The van der Waals surface area contributed by atoms with E-state index in [9.17, 15) is 4.79 Å². The van der Waals surface area contributed by atoms with Crippen molar-refractivity contribution in [3.05, 3.63) is 29.3 Å². The molecule has 0 spiro atoms. The number of benzene rings is 1. The molecule has 0 amide bonds. The summed E-state index contributed by atoms with van der Waals surface area (Å²) in [6.07, 6.45) is 1.44. The van der Waals surface area contributed by atoms with E-state index >= 15 is 0 Å². The van der Waals surface area contributed by atoms with E-state index in [1.54, 1.807) is 7.05 Å². The van der Waals surface area contributed by atoms with Crippen molar-refractivity contribution >= 4 is 5.97 Å². The lowest BCUT2D eigenvalue weighted by Crippen LogP contribution is -2.48. The number of rotatable bonds is 7. The average Bonchev–Trinajstić information content (AvgIpc) is 2.41. The Morgan fingerprint density at radius 1 is 1.25 bits per heavy atom. The second-order valence-corrected chi connectivity index (χ2v) is 5.35. The summed E-state index contributed by atoms with van der Waals surface area (Å²) in [6, 6.07) is 6.15. The second-order valence-electron chi connectivity index (χ2n) is 5.35. The summed E-state index contributed by atoms with van der Waals surface area (Å²) in [5, 5.41) is 3.02. The Bertz CT molecular complexity index is 439. The Balaban J connectivity index is 2.46. The topological polar surface area (TPSA) is 47.6 Å². The standard InChI is InChI=1S/C16H25NO3/c1-12-9-13(2)11-14(10-12)20-8-6-7-16(3,17-4)15(18)19-5/h9-11,17H,6-8H2,1-5H3. The van der Waals surface area contributed by atoms with Crippen LogP contribution in [0.15, 0.2) is 18.2 Å². The third-order valence-electron chi connectivity index (χ3n) is 3.47. The first-order valence-corrected chi connectivity index (χ1v) is 6.89. The van der Waals surface area contributed by atoms with E-state index in [1.807, 2.05) is 19.1 Å². The first-order chi connectivity index (χ1) is 9.41. The van der Waals surface area contributed by atoms with Crippen LogP contribution in [0.3, 0.4) is 0 Å². The van der Waals surface area contributed by atoms with Gasteiger partial charge in [-0.25, -0.2) is 0 Å². The monoisotopic (exact) mass is 279 g/mol. The fraction of sp³-hybridized carbons (Fsp3) is 0.562. The number of hydrogen-bond acceptors (Lipinski definition) is 4. The molecule has 20 heavy (non-hydrogen) atoms. The summed E-state index contributed by atoms with van der Waals surface area (Å²) in [5.41, 5.74) is 1.73. The molecule has 1 unspecified atom stereocenters. The molecule has 1 aromatic carbocycles. The Labute approximate surface area is 121 Å². The summed E-state index contributed by atoms with van der Waals surface area (Å²) in [4.78, 5) is 11.7. The van der Waals surface area contributed by atoms with Crippen LogP contribution in [0.1, 0.15) is 30.9 Å². The van der Waals surface area contributed by atoms with Crippen LogP contribution in [0.25, 0.3) is 0 Å². The predicted octanol–water partition coefficient (Wildman–Crippen LogP) is 2.61. The minimum absolute atomic E-state index is 0.244. The normalized spacial score (nSPS) is 13.7. The second kappa shape index (κ2) is 7.29. The van der Waals surface area contributed by atoms with E-state index in [0.717, 1.165) is 12.2 Å². The molecule has 4 nitrogen and oxygen atoms in total. The molecule has 0 heterocycles. The fourth-order valence-corrected chi connectivity index (χ4v) is 2.19. The van der Waals surface area contributed by atoms with Crippen molar-refractivity contribution in [1.29, 1.82) is 0 Å². The maximum atomic E-state index is 11.7. The molecule has 0 aliphatic carbocycles. The van der Waals surface area contributed by atoms with Gasteiger partial charge in [0.2, 0.25) is 0 Å². The minimum atomic E-state index is -0.652. The summed E-state index contributed by atoms with van der Waals surface area (Å²) in [5.74, 6) is 0.637. The number of esters is 1. The average molecular weight is 279 g/mol. The molecule has 112 valence electrons. The van der Waals surface area contributed by atoms with Gasteiger partial charge < -0.3 is 14.8 Å². The summed E-state index contributed by atoms with van der Waals surface area (Å²) < 4.78 is 10.6. The molecular weight excluding hydrogens is 254 g/mol. The molecule has 0 saturated carbocycles. The van der Waals surface area contributed by atoms with Gasteiger partial charge in [0.25, 0.3) is 0 Å². The number of ether oxygens (including phenoxy) is 2. The zero-order valence-electron chi connectivity index (χ0n) is 13.1.